The number of benzene rings is 1. The monoisotopic (exact) mass is 263 g/mol. The van der Waals surface area contributed by atoms with Gasteiger partial charge < -0.3 is 15.4 Å². The van der Waals surface area contributed by atoms with Gasteiger partial charge in [0.25, 0.3) is 0 Å². The van der Waals surface area contributed by atoms with E-state index >= 15 is 0 Å². The maximum absolute atomic E-state index is 5.72. The number of nitrogen functional groups attached to an aromatic ring is 1. The summed E-state index contributed by atoms with van der Waals surface area (Å²) in [6.07, 6.45) is 1.06. The van der Waals surface area contributed by atoms with Crippen molar-refractivity contribution in [3.05, 3.63) is 24.3 Å². The molecule has 0 saturated carbocycles. The second kappa shape index (κ2) is 6.78. The Morgan fingerprint density at radius 1 is 1.37 bits per heavy atom. The molecule has 2 rings (SSSR count). The van der Waals surface area contributed by atoms with Gasteiger partial charge in [-0.3, -0.25) is 4.90 Å². The minimum absolute atomic E-state index is 0.645. The first-order valence-corrected chi connectivity index (χ1v) is 7.06. The summed E-state index contributed by atoms with van der Waals surface area (Å²) in [5, 5.41) is 0. The Hall–Kier alpha value is -1.26. The van der Waals surface area contributed by atoms with Crippen molar-refractivity contribution in [3.63, 3.8) is 0 Å². The van der Waals surface area contributed by atoms with E-state index in [2.05, 4.69) is 23.8 Å². The van der Waals surface area contributed by atoms with Crippen LogP contribution in [0, 0.1) is 0 Å². The summed E-state index contributed by atoms with van der Waals surface area (Å²) in [5.41, 5.74) is 6.47. The van der Waals surface area contributed by atoms with Crippen molar-refractivity contribution in [2.45, 2.75) is 19.4 Å². The van der Waals surface area contributed by atoms with Crippen molar-refractivity contribution < 1.29 is 4.74 Å². The molecule has 1 aromatic carbocycles. The zero-order valence-electron chi connectivity index (χ0n) is 12.0. The molecular weight excluding hydrogens is 238 g/mol. The van der Waals surface area contributed by atoms with Crippen molar-refractivity contribution in [1.82, 2.24) is 9.80 Å². The number of hydrogen-bond acceptors (Lipinski definition) is 4. The highest BCUT2D eigenvalue weighted by Gasteiger charge is 2.20. The van der Waals surface area contributed by atoms with Crippen LogP contribution < -0.4 is 10.5 Å². The van der Waals surface area contributed by atoms with E-state index in [-0.39, 0.29) is 0 Å². The molecule has 0 amide bonds. The molecule has 1 aliphatic rings. The van der Waals surface area contributed by atoms with E-state index in [1.54, 1.807) is 0 Å². The molecule has 1 unspecified atom stereocenters. The fraction of sp³-hybridized carbons (Fsp3) is 0.600. The van der Waals surface area contributed by atoms with E-state index < -0.39 is 0 Å². The van der Waals surface area contributed by atoms with Gasteiger partial charge in [0, 0.05) is 44.0 Å². The highest BCUT2D eigenvalue weighted by atomic mass is 16.5. The lowest BCUT2D eigenvalue weighted by Gasteiger charge is -2.38. The van der Waals surface area contributed by atoms with E-state index in [4.69, 9.17) is 10.5 Å². The fourth-order valence-electron chi connectivity index (χ4n) is 2.57. The average molecular weight is 263 g/mol. The molecule has 1 saturated heterocycles. The van der Waals surface area contributed by atoms with Crippen LogP contribution in [-0.2, 0) is 0 Å². The Labute approximate surface area is 116 Å². The van der Waals surface area contributed by atoms with E-state index in [0.29, 0.717) is 6.04 Å². The summed E-state index contributed by atoms with van der Waals surface area (Å²) >= 11 is 0. The molecule has 106 valence electrons. The van der Waals surface area contributed by atoms with Crippen molar-refractivity contribution >= 4 is 5.69 Å². The van der Waals surface area contributed by atoms with E-state index in [1.165, 1.54) is 6.54 Å². The van der Waals surface area contributed by atoms with Crippen molar-refractivity contribution in [2.75, 3.05) is 45.6 Å². The first-order valence-electron chi connectivity index (χ1n) is 7.06. The number of anilines is 1. The summed E-state index contributed by atoms with van der Waals surface area (Å²) in [7, 11) is 2.19. The minimum Gasteiger partial charge on any atom is -0.493 e. The molecule has 0 radical (unpaired) electrons. The van der Waals surface area contributed by atoms with Gasteiger partial charge >= 0.3 is 0 Å². The van der Waals surface area contributed by atoms with Gasteiger partial charge in [0.2, 0.25) is 0 Å². The van der Waals surface area contributed by atoms with E-state index in [0.717, 1.165) is 44.1 Å². The molecule has 1 atom stereocenters. The highest BCUT2D eigenvalue weighted by molar-refractivity contribution is 5.43. The average Bonchev–Trinajstić information content (AvgIpc) is 2.37. The summed E-state index contributed by atoms with van der Waals surface area (Å²) in [5.74, 6) is 0.867. The van der Waals surface area contributed by atoms with Gasteiger partial charge in [-0.15, -0.1) is 0 Å². The zero-order valence-corrected chi connectivity index (χ0v) is 12.0. The van der Waals surface area contributed by atoms with E-state index in [9.17, 15) is 0 Å². The van der Waals surface area contributed by atoms with Crippen LogP contribution in [0.5, 0.6) is 5.75 Å². The SMILES string of the molecule is CC1CN(C)CCN1CCCOc1cccc(N)c1. The molecule has 1 fully saturated rings. The molecule has 19 heavy (non-hydrogen) atoms. The Balaban J connectivity index is 1.67. The van der Waals surface area contributed by atoms with Crippen LogP contribution in [0.2, 0.25) is 0 Å². The number of nitrogens with two attached hydrogens (primary N) is 1. The lowest BCUT2D eigenvalue weighted by molar-refractivity contribution is 0.0945. The normalized spacial score (nSPS) is 21.5. The molecule has 0 aliphatic carbocycles. The number of rotatable bonds is 5. The second-order valence-corrected chi connectivity index (χ2v) is 5.42. The molecule has 0 aromatic heterocycles. The Kier molecular flexibility index (Phi) is 5.05. The van der Waals surface area contributed by atoms with Crippen LogP contribution in [0.1, 0.15) is 13.3 Å². The van der Waals surface area contributed by atoms with Crippen molar-refractivity contribution in [1.29, 1.82) is 0 Å². The van der Waals surface area contributed by atoms with Crippen molar-refractivity contribution in [2.24, 2.45) is 0 Å². The van der Waals surface area contributed by atoms with Gasteiger partial charge in [-0.25, -0.2) is 0 Å². The summed E-state index contributed by atoms with van der Waals surface area (Å²) in [4.78, 5) is 4.94. The number of piperazine rings is 1. The topological polar surface area (TPSA) is 41.7 Å². The van der Waals surface area contributed by atoms with Crippen LogP contribution in [0.25, 0.3) is 0 Å². The molecule has 1 aromatic rings. The molecule has 0 spiro atoms. The standard InChI is InChI=1S/C15H25N3O/c1-13-12-17(2)8-9-18(13)7-4-10-19-15-6-3-5-14(16)11-15/h3,5-6,11,13H,4,7-10,12,16H2,1-2H3. The smallest absolute Gasteiger partial charge is 0.121 e. The maximum atomic E-state index is 5.72. The zero-order chi connectivity index (χ0) is 13.7. The second-order valence-electron chi connectivity index (χ2n) is 5.42. The lowest BCUT2D eigenvalue weighted by Crippen LogP contribution is -2.50. The van der Waals surface area contributed by atoms with Crippen molar-refractivity contribution in [3.8, 4) is 5.75 Å². The third kappa shape index (κ3) is 4.40. The predicted octanol–water partition coefficient (Wildman–Crippen LogP) is 1.67. The Morgan fingerprint density at radius 2 is 2.21 bits per heavy atom. The van der Waals surface area contributed by atoms with Crippen LogP contribution in [-0.4, -0.2) is 55.7 Å². The fourth-order valence-corrected chi connectivity index (χ4v) is 2.57. The van der Waals surface area contributed by atoms with Crippen LogP contribution in [0.15, 0.2) is 24.3 Å². The number of ether oxygens (including phenoxy) is 1. The lowest BCUT2D eigenvalue weighted by atomic mass is 10.2. The minimum atomic E-state index is 0.645. The third-order valence-corrected chi connectivity index (χ3v) is 3.68. The van der Waals surface area contributed by atoms with Gasteiger partial charge in [0.1, 0.15) is 5.75 Å². The molecule has 1 heterocycles. The third-order valence-electron chi connectivity index (χ3n) is 3.68. The van der Waals surface area contributed by atoms with Gasteiger partial charge in [-0.1, -0.05) is 6.07 Å². The molecule has 1 aliphatic heterocycles. The molecule has 2 N–H and O–H groups in total. The number of hydrogen-bond donors (Lipinski definition) is 1. The van der Waals surface area contributed by atoms with Gasteiger partial charge in [0.05, 0.1) is 6.61 Å². The van der Waals surface area contributed by atoms with E-state index in [1.807, 2.05) is 24.3 Å². The summed E-state index contributed by atoms with van der Waals surface area (Å²) in [6.45, 7) is 7.65. The summed E-state index contributed by atoms with van der Waals surface area (Å²) < 4.78 is 5.72. The first-order chi connectivity index (χ1) is 9.15. The Bertz CT molecular complexity index is 397. The molecule has 0 bridgehead atoms. The maximum Gasteiger partial charge on any atom is 0.121 e. The largest absolute Gasteiger partial charge is 0.493 e. The molecule has 4 heteroatoms. The quantitative estimate of drug-likeness (QED) is 0.648. The first kappa shape index (κ1) is 14.2. The van der Waals surface area contributed by atoms with Gasteiger partial charge in [0.15, 0.2) is 0 Å². The van der Waals surface area contributed by atoms with Gasteiger partial charge in [-0.05, 0) is 32.5 Å². The van der Waals surface area contributed by atoms with Crippen LogP contribution >= 0.6 is 0 Å². The van der Waals surface area contributed by atoms with Gasteiger partial charge in [-0.2, -0.15) is 0 Å². The van der Waals surface area contributed by atoms with Crippen LogP contribution in [0.4, 0.5) is 5.69 Å². The predicted molar refractivity (Wildman–Crippen MR) is 79.5 cm³/mol. The molecule has 4 nitrogen and oxygen atoms in total. The summed E-state index contributed by atoms with van der Waals surface area (Å²) in [6, 6.07) is 8.27. The number of likely N-dealkylation sites (N-methyl/N-ethyl adjacent to an activating group) is 1. The number of nitrogens with zero attached hydrogens (tertiary/aromatic N) is 2. The van der Waals surface area contributed by atoms with Crippen LogP contribution in [0.3, 0.4) is 0 Å². The highest BCUT2D eigenvalue weighted by Crippen LogP contribution is 2.15. The molecular formula is C15H25N3O. The Morgan fingerprint density at radius 3 is 2.95 bits per heavy atom.